The number of phenolic OH excluding ortho intramolecular Hbond substituents is 1. The SMILES string of the molecule is COc1cccc(C(O)=C2C(=O)C(=O)N(c3nc4c(C)cc(C)cc4s3)[C@H]2c2cccc(O)c2)c1. The number of fused-ring (bicyclic) bond motifs is 1. The molecule has 1 aromatic heterocycles. The third-order valence-electron chi connectivity index (χ3n) is 6.00. The van der Waals surface area contributed by atoms with E-state index in [9.17, 15) is 19.8 Å². The van der Waals surface area contributed by atoms with Crippen molar-refractivity contribution in [1.82, 2.24) is 4.98 Å². The third-order valence-corrected chi connectivity index (χ3v) is 7.00. The number of hydrogen-bond acceptors (Lipinski definition) is 7. The molecule has 0 spiro atoms. The maximum atomic E-state index is 13.4. The monoisotopic (exact) mass is 486 g/mol. The van der Waals surface area contributed by atoms with Gasteiger partial charge in [0.15, 0.2) is 5.13 Å². The number of benzene rings is 3. The van der Waals surface area contributed by atoms with Gasteiger partial charge in [0.25, 0.3) is 5.78 Å². The number of nitrogens with zero attached hydrogens (tertiary/aromatic N) is 2. The van der Waals surface area contributed by atoms with Crippen LogP contribution in [0.1, 0.15) is 28.3 Å². The predicted molar refractivity (Wildman–Crippen MR) is 135 cm³/mol. The number of phenols is 1. The fraction of sp³-hybridized carbons (Fsp3) is 0.148. The average molecular weight is 487 g/mol. The van der Waals surface area contributed by atoms with Crippen LogP contribution in [0.15, 0.2) is 66.2 Å². The van der Waals surface area contributed by atoms with Crippen LogP contribution in [-0.4, -0.2) is 34.0 Å². The molecule has 3 aromatic carbocycles. The van der Waals surface area contributed by atoms with Gasteiger partial charge in [-0.05, 0) is 60.9 Å². The molecule has 1 atom stereocenters. The van der Waals surface area contributed by atoms with Crippen molar-refractivity contribution in [3.8, 4) is 11.5 Å². The van der Waals surface area contributed by atoms with Crippen LogP contribution >= 0.6 is 11.3 Å². The molecule has 35 heavy (non-hydrogen) atoms. The number of amides is 1. The summed E-state index contributed by atoms with van der Waals surface area (Å²) >= 11 is 1.30. The number of ketones is 1. The number of ether oxygens (including phenoxy) is 1. The van der Waals surface area contributed by atoms with Gasteiger partial charge in [-0.2, -0.15) is 0 Å². The Kier molecular flexibility index (Phi) is 5.53. The molecule has 0 saturated carbocycles. The van der Waals surface area contributed by atoms with Crippen molar-refractivity contribution in [2.75, 3.05) is 12.0 Å². The lowest BCUT2D eigenvalue weighted by Gasteiger charge is -2.23. The first kappa shape index (κ1) is 22.6. The highest BCUT2D eigenvalue weighted by Gasteiger charge is 2.48. The van der Waals surface area contributed by atoms with E-state index in [0.717, 1.165) is 21.3 Å². The third kappa shape index (κ3) is 3.81. The topological polar surface area (TPSA) is 100.0 Å². The van der Waals surface area contributed by atoms with Gasteiger partial charge in [0.1, 0.15) is 17.3 Å². The number of aromatic nitrogens is 1. The Morgan fingerprint density at radius 2 is 1.83 bits per heavy atom. The largest absolute Gasteiger partial charge is 0.508 e. The van der Waals surface area contributed by atoms with E-state index < -0.39 is 17.7 Å². The summed E-state index contributed by atoms with van der Waals surface area (Å²) < 4.78 is 6.14. The Morgan fingerprint density at radius 1 is 1.06 bits per heavy atom. The number of aliphatic hydroxyl groups is 1. The second kappa shape index (κ2) is 8.56. The molecular weight excluding hydrogens is 464 g/mol. The normalized spacial score (nSPS) is 17.3. The molecule has 2 N–H and O–H groups in total. The lowest BCUT2D eigenvalue weighted by Crippen LogP contribution is -2.29. The Labute approximate surface area is 205 Å². The van der Waals surface area contributed by atoms with Crippen molar-refractivity contribution in [3.05, 3.63) is 88.5 Å². The highest BCUT2D eigenvalue weighted by atomic mass is 32.1. The molecule has 5 rings (SSSR count). The number of carbonyl (C=O) groups excluding carboxylic acids is 2. The molecule has 1 aliphatic rings. The van der Waals surface area contributed by atoms with Gasteiger partial charge < -0.3 is 14.9 Å². The first-order valence-corrected chi connectivity index (χ1v) is 11.7. The summed E-state index contributed by atoms with van der Waals surface area (Å²) in [7, 11) is 1.50. The summed E-state index contributed by atoms with van der Waals surface area (Å²) in [5.41, 5.74) is 3.50. The zero-order chi connectivity index (χ0) is 24.9. The van der Waals surface area contributed by atoms with Crippen LogP contribution in [0.2, 0.25) is 0 Å². The molecule has 1 saturated heterocycles. The van der Waals surface area contributed by atoms with E-state index in [-0.39, 0.29) is 17.1 Å². The Balaban J connectivity index is 1.75. The van der Waals surface area contributed by atoms with Gasteiger partial charge in [0.2, 0.25) is 0 Å². The fourth-order valence-corrected chi connectivity index (χ4v) is 5.60. The number of aromatic hydroxyl groups is 1. The molecule has 0 aliphatic carbocycles. The van der Waals surface area contributed by atoms with Gasteiger partial charge in [0, 0.05) is 5.56 Å². The Morgan fingerprint density at radius 3 is 2.57 bits per heavy atom. The highest BCUT2D eigenvalue weighted by molar-refractivity contribution is 7.22. The standard InChI is InChI=1S/C27H22N2O5S/c1-14-10-15(2)22-20(11-14)35-27(28-22)29-23(16-6-4-8-18(30)12-16)21(25(32)26(29)33)24(31)17-7-5-9-19(13-17)34-3/h4-13,23,30-31H,1-3H3/t23-/m0/s1. The van der Waals surface area contributed by atoms with Crippen molar-refractivity contribution in [2.45, 2.75) is 19.9 Å². The van der Waals surface area contributed by atoms with E-state index in [1.807, 2.05) is 26.0 Å². The summed E-state index contributed by atoms with van der Waals surface area (Å²) in [4.78, 5) is 32.7. The number of rotatable bonds is 4. The van der Waals surface area contributed by atoms with Crippen molar-refractivity contribution >= 4 is 44.1 Å². The first-order chi connectivity index (χ1) is 16.8. The number of hydrogen-bond donors (Lipinski definition) is 2. The molecule has 1 fully saturated rings. The van der Waals surface area contributed by atoms with E-state index in [0.29, 0.717) is 22.0 Å². The number of carbonyl (C=O) groups is 2. The van der Waals surface area contributed by atoms with E-state index in [2.05, 4.69) is 0 Å². The number of Topliss-reactive ketones (excluding diaryl/α,β-unsaturated/α-hetero) is 1. The lowest BCUT2D eigenvalue weighted by atomic mass is 9.95. The van der Waals surface area contributed by atoms with Crippen molar-refractivity contribution in [3.63, 3.8) is 0 Å². The summed E-state index contributed by atoms with van der Waals surface area (Å²) in [5.74, 6) is -1.48. The van der Waals surface area contributed by atoms with Crippen molar-refractivity contribution in [1.29, 1.82) is 0 Å². The minimum absolute atomic E-state index is 0.0229. The predicted octanol–water partition coefficient (Wildman–Crippen LogP) is 5.25. The molecule has 176 valence electrons. The molecule has 0 unspecified atom stereocenters. The van der Waals surface area contributed by atoms with Crippen LogP contribution in [0.3, 0.4) is 0 Å². The number of thiazole rings is 1. The van der Waals surface area contributed by atoms with Crippen molar-refractivity contribution < 1.29 is 24.5 Å². The minimum Gasteiger partial charge on any atom is -0.508 e. The van der Waals surface area contributed by atoms with E-state index in [4.69, 9.17) is 9.72 Å². The molecule has 4 aromatic rings. The molecule has 7 nitrogen and oxygen atoms in total. The minimum atomic E-state index is -0.977. The number of aliphatic hydroxyl groups excluding tert-OH is 1. The molecule has 0 radical (unpaired) electrons. The van der Waals surface area contributed by atoms with Gasteiger partial charge in [-0.1, -0.05) is 41.7 Å². The maximum absolute atomic E-state index is 13.4. The Hall–Kier alpha value is -4.17. The highest BCUT2D eigenvalue weighted by Crippen LogP contribution is 2.45. The molecule has 0 bridgehead atoms. The van der Waals surface area contributed by atoms with E-state index in [1.165, 1.54) is 35.5 Å². The number of aryl methyl sites for hydroxylation is 2. The van der Waals surface area contributed by atoms with Gasteiger partial charge in [-0.3, -0.25) is 14.5 Å². The summed E-state index contributed by atoms with van der Waals surface area (Å²) in [6.07, 6.45) is 0. The first-order valence-electron chi connectivity index (χ1n) is 10.9. The van der Waals surface area contributed by atoms with Gasteiger partial charge >= 0.3 is 5.91 Å². The summed E-state index contributed by atoms with van der Waals surface area (Å²) in [6, 6.07) is 15.9. The fourth-order valence-electron chi connectivity index (χ4n) is 4.43. The van der Waals surface area contributed by atoms with Gasteiger partial charge in [-0.25, -0.2) is 4.98 Å². The molecule has 1 amide bonds. The van der Waals surface area contributed by atoms with Crippen LogP contribution < -0.4 is 9.64 Å². The van der Waals surface area contributed by atoms with E-state index >= 15 is 0 Å². The zero-order valence-electron chi connectivity index (χ0n) is 19.3. The van der Waals surface area contributed by atoms with Crippen molar-refractivity contribution in [2.24, 2.45) is 0 Å². The summed E-state index contributed by atoms with van der Waals surface area (Å²) in [5, 5.41) is 21.8. The molecule has 1 aliphatic heterocycles. The van der Waals surface area contributed by atoms with Gasteiger partial charge in [0.05, 0.1) is 28.9 Å². The van der Waals surface area contributed by atoms with Crippen LogP contribution in [0.4, 0.5) is 5.13 Å². The van der Waals surface area contributed by atoms with Crippen LogP contribution in [-0.2, 0) is 9.59 Å². The van der Waals surface area contributed by atoms with Crippen LogP contribution in [0, 0.1) is 13.8 Å². The second-order valence-electron chi connectivity index (χ2n) is 8.42. The molecule has 2 heterocycles. The molecule has 8 heteroatoms. The van der Waals surface area contributed by atoms with Crippen LogP contribution in [0.5, 0.6) is 11.5 Å². The number of methoxy groups -OCH3 is 1. The molecular formula is C27H22N2O5S. The zero-order valence-corrected chi connectivity index (χ0v) is 20.1. The Bertz CT molecular complexity index is 1540. The number of anilines is 1. The summed E-state index contributed by atoms with van der Waals surface area (Å²) in [6.45, 7) is 3.93. The smallest absolute Gasteiger partial charge is 0.301 e. The van der Waals surface area contributed by atoms with Crippen LogP contribution in [0.25, 0.3) is 16.0 Å². The lowest BCUT2D eigenvalue weighted by molar-refractivity contribution is -0.132. The maximum Gasteiger partial charge on any atom is 0.301 e. The van der Waals surface area contributed by atoms with E-state index in [1.54, 1.807) is 36.4 Å². The van der Waals surface area contributed by atoms with Gasteiger partial charge in [-0.15, -0.1) is 0 Å². The quantitative estimate of drug-likeness (QED) is 0.232. The second-order valence-corrected chi connectivity index (χ2v) is 9.43. The average Bonchev–Trinajstić information content (AvgIpc) is 3.37.